The van der Waals surface area contributed by atoms with Gasteiger partial charge in [-0.05, 0) is 17.5 Å². The number of nitrogens with one attached hydrogen (secondary N) is 1. The second kappa shape index (κ2) is 3.49. The second-order valence-electron chi connectivity index (χ2n) is 4.01. The Morgan fingerprint density at radius 2 is 2.00 bits per heavy atom. The highest BCUT2D eigenvalue weighted by atomic mass is 14.9. The summed E-state index contributed by atoms with van der Waals surface area (Å²) in [5.74, 6) is 0. The third-order valence-corrected chi connectivity index (χ3v) is 2.84. The Balaban J connectivity index is 2.29. The highest BCUT2D eigenvalue weighted by Crippen LogP contribution is 2.26. The van der Waals surface area contributed by atoms with Crippen LogP contribution in [0.3, 0.4) is 0 Å². The van der Waals surface area contributed by atoms with Crippen LogP contribution in [0.25, 0.3) is 22.0 Å². The maximum Gasteiger partial charge on any atom is 0.176 e. The number of nitrogens with zero attached hydrogens (tertiary/aromatic N) is 1. The minimum Gasteiger partial charge on any atom is -0.361 e. The maximum absolute atomic E-state index is 3.30. The van der Waals surface area contributed by atoms with Gasteiger partial charge in [-0.15, -0.1) is 0 Å². The van der Waals surface area contributed by atoms with Crippen molar-refractivity contribution < 1.29 is 4.57 Å². The summed E-state index contributed by atoms with van der Waals surface area (Å²) in [5.41, 5.74) is 3.69. The van der Waals surface area contributed by atoms with E-state index in [4.69, 9.17) is 0 Å². The first kappa shape index (κ1) is 9.16. The number of aromatic amines is 1. The summed E-state index contributed by atoms with van der Waals surface area (Å²) >= 11 is 0. The number of H-pyrrole nitrogens is 1. The van der Waals surface area contributed by atoms with Crippen molar-refractivity contribution in [2.75, 3.05) is 0 Å². The summed E-state index contributed by atoms with van der Waals surface area (Å²) < 4.78 is 2.07. The van der Waals surface area contributed by atoms with Gasteiger partial charge in [0, 0.05) is 23.4 Å². The molecule has 78 valence electrons. The average molecular weight is 209 g/mol. The molecular formula is C14H13N2+. The molecule has 2 heterocycles. The molecule has 0 fully saturated rings. The van der Waals surface area contributed by atoms with E-state index in [0.29, 0.717) is 0 Å². The molecule has 0 atom stereocenters. The largest absolute Gasteiger partial charge is 0.361 e. The standard InChI is InChI=1S/C14H13N2/c1-16-9-3-5-12(10-16)13-6-2-4-11-7-8-15-14(11)13/h2-10,15H,1H3/q+1. The number of para-hydroxylation sites is 1. The molecule has 0 aliphatic rings. The van der Waals surface area contributed by atoms with Gasteiger partial charge in [-0.25, -0.2) is 4.57 Å². The first-order chi connectivity index (χ1) is 7.84. The van der Waals surface area contributed by atoms with Gasteiger partial charge in [-0.1, -0.05) is 18.2 Å². The predicted octanol–water partition coefficient (Wildman–Crippen LogP) is 2.66. The zero-order chi connectivity index (χ0) is 11.0. The van der Waals surface area contributed by atoms with Crippen molar-refractivity contribution in [2.24, 2.45) is 7.05 Å². The van der Waals surface area contributed by atoms with E-state index < -0.39 is 0 Å². The molecule has 3 aromatic rings. The van der Waals surface area contributed by atoms with Gasteiger partial charge in [-0.2, -0.15) is 0 Å². The number of rotatable bonds is 1. The highest BCUT2D eigenvalue weighted by Gasteiger charge is 2.06. The van der Waals surface area contributed by atoms with Gasteiger partial charge in [0.1, 0.15) is 7.05 Å². The number of fused-ring (bicyclic) bond motifs is 1. The number of aryl methyl sites for hydroxylation is 1. The van der Waals surface area contributed by atoms with Gasteiger partial charge < -0.3 is 4.98 Å². The molecule has 16 heavy (non-hydrogen) atoms. The van der Waals surface area contributed by atoms with E-state index in [9.17, 15) is 0 Å². The van der Waals surface area contributed by atoms with Crippen molar-refractivity contribution in [3.05, 3.63) is 55.0 Å². The Labute approximate surface area is 94.2 Å². The molecule has 1 aromatic carbocycles. The van der Waals surface area contributed by atoms with Crippen LogP contribution >= 0.6 is 0 Å². The maximum atomic E-state index is 3.30. The van der Waals surface area contributed by atoms with Crippen molar-refractivity contribution in [1.29, 1.82) is 0 Å². The minimum atomic E-state index is 1.20. The van der Waals surface area contributed by atoms with Crippen LogP contribution in [0.15, 0.2) is 55.0 Å². The van der Waals surface area contributed by atoms with Crippen LogP contribution in [-0.2, 0) is 7.05 Å². The zero-order valence-electron chi connectivity index (χ0n) is 9.14. The fourth-order valence-corrected chi connectivity index (χ4v) is 2.07. The van der Waals surface area contributed by atoms with Gasteiger partial charge in [0.15, 0.2) is 12.4 Å². The third-order valence-electron chi connectivity index (χ3n) is 2.84. The van der Waals surface area contributed by atoms with Crippen molar-refractivity contribution in [3.8, 4) is 11.1 Å². The first-order valence-electron chi connectivity index (χ1n) is 5.36. The Bertz CT molecular complexity index is 638. The van der Waals surface area contributed by atoms with Crippen LogP contribution in [0.5, 0.6) is 0 Å². The summed E-state index contributed by atoms with van der Waals surface area (Å²) in [7, 11) is 2.04. The monoisotopic (exact) mass is 209 g/mol. The molecule has 1 N–H and O–H groups in total. The molecule has 0 saturated heterocycles. The van der Waals surface area contributed by atoms with Crippen LogP contribution in [0.4, 0.5) is 0 Å². The Morgan fingerprint density at radius 3 is 2.88 bits per heavy atom. The molecule has 0 aliphatic carbocycles. The van der Waals surface area contributed by atoms with Gasteiger partial charge in [0.25, 0.3) is 0 Å². The van der Waals surface area contributed by atoms with Crippen molar-refractivity contribution in [1.82, 2.24) is 4.98 Å². The van der Waals surface area contributed by atoms with E-state index in [1.165, 1.54) is 22.0 Å². The number of aromatic nitrogens is 2. The lowest BCUT2D eigenvalue weighted by Gasteiger charge is -2.01. The molecule has 2 nitrogen and oxygen atoms in total. The van der Waals surface area contributed by atoms with E-state index in [1.54, 1.807) is 0 Å². The summed E-state index contributed by atoms with van der Waals surface area (Å²) in [6, 6.07) is 12.7. The van der Waals surface area contributed by atoms with E-state index in [-0.39, 0.29) is 0 Å². The lowest BCUT2D eigenvalue weighted by Crippen LogP contribution is -2.26. The number of benzene rings is 1. The molecule has 0 bridgehead atoms. The molecule has 2 heteroatoms. The lowest BCUT2D eigenvalue weighted by atomic mass is 10.1. The summed E-state index contributed by atoms with van der Waals surface area (Å²) in [5, 5.41) is 1.25. The molecule has 0 saturated carbocycles. The lowest BCUT2D eigenvalue weighted by molar-refractivity contribution is -0.671. The first-order valence-corrected chi connectivity index (χ1v) is 5.36. The van der Waals surface area contributed by atoms with E-state index in [0.717, 1.165) is 0 Å². The minimum absolute atomic E-state index is 1.20. The Kier molecular flexibility index (Phi) is 2.00. The number of pyridine rings is 1. The SMILES string of the molecule is C[n+]1cccc(-c2cccc3cc[nH]c23)c1. The number of hydrogen-bond acceptors (Lipinski definition) is 0. The quantitative estimate of drug-likeness (QED) is 0.594. The van der Waals surface area contributed by atoms with E-state index in [2.05, 4.69) is 52.1 Å². The molecule has 0 aliphatic heterocycles. The van der Waals surface area contributed by atoms with Gasteiger partial charge in [-0.3, -0.25) is 0 Å². The summed E-state index contributed by atoms with van der Waals surface area (Å²) in [4.78, 5) is 3.30. The predicted molar refractivity (Wildman–Crippen MR) is 64.9 cm³/mol. The van der Waals surface area contributed by atoms with Crippen LogP contribution in [0.2, 0.25) is 0 Å². The number of hydrogen-bond donors (Lipinski definition) is 1. The normalized spacial score (nSPS) is 10.8. The molecule has 0 spiro atoms. The fourth-order valence-electron chi connectivity index (χ4n) is 2.07. The van der Waals surface area contributed by atoms with Gasteiger partial charge in [0.05, 0.1) is 5.52 Å². The third kappa shape index (κ3) is 1.39. The van der Waals surface area contributed by atoms with Crippen LogP contribution in [0, 0.1) is 0 Å². The Hall–Kier alpha value is -2.09. The molecule has 0 unspecified atom stereocenters. The molecule has 0 radical (unpaired) electrons. The van der Waals surface area contributed by atoms with Crippen molar-refractivity contribution in [3.63, 3.8) is 0 Å². The van der Waals surface area contributed by atoms with Crippen LogP contribution < -0.4 is 4.57 Å². The van der Waals surface area contributed by atoms with Gasteiger partial charge in [0.2, 0.25) is 0 Å². The second-order valence-corrected chi connectivity index (χ2v) is 4.01. The Morgan fingerprint density at radius 1 is 1.06 bits per heavy atom. The molecule has 3 rings (SSSR count). The average Bonchev–Trinajstić information content (AvgIpc) is 2.76. The molecule has 2 aromatic heterocycles. The van der Waals surface area contributed by atoms with Crippen molar-refractivity contribution in [2.45, 2.75) is 0 Å². The molecular weight excluding hydrogens is 196 g/mol. The fraction of sp³-hybridized carbons (Fsp3) is 0.0714. The smallest absolute Gasteiger partial charge is 0.176 e. The van der Waals surface area contributed by atoms with Crippen LogP contribution in [0.1, 0.15) is 0 Å². The molecule has 0 amide bonds. The summed E-state index contributed by atoms with van der Waals surface area (Å²) in [6.45, 7) is 0. The highest BCUT2D eigenvalue weighted by molar-refractivity contribution is 5.93. The van der Waals surface area contributed by atoms with Gasteiger partial charge >= 0.3 is 0 Å². The topological polar surface area (TPSA) is 19.7 Å². The van der Waals surface area contributed by atoms with E-state index >= 15 is 0 Å². The van der Waals surface area contributed by atoms with Crippen LogP contribution in [-0.4, -0.2) is 4.98 Å². The van der Waals surface area contributed by atoms with E-state index in [1.807, 2.05) is 19.4 Å². The van der Waals surface area contributed by atoms with Crippen molar-refractivity contribution >= 4 is 10.9 Å². The summed E-state index contributed by atoms with van der Waals surface area (Å²) in [6.07, 6.45) is 6.16. The zero-order valence-corrected chi connectivity index (χ0v) is 9.14.